The number of benzene rings is 1. The predicted molar refractivity (Wildman–Crippen MR) is 118 cm³/mol. The molecule has 0 atom stereocenters. The standard InChI is InChI=1S/C26H40F2O2/c1-3-5-15-26(16-7-6-8-17-26)21-11-9-20(10-12-21)19-30-23-14-13-22(29-18-4-2)24(27)25(23)28/h13-14,20-21H,3-12,15-19H2,1-2H3/t20-,21-. The molecular weight excluding hydrogens is 382 g/mol. The summed E-state index contributed by atoms with van der Waals surface area (Å²) in [6.45, 7) is 5.08. The van der Waals surface area contributed by atoms with Crippen LogP contribution in [-0.4, -0.2) is 13.2 Å². The third kappa shape index (κ3) is 5.68. The molecule has 2 nitrogen and oxygen atoms in total. The van der Waals surface area contributed by atoms with Gasteiger partial charge < -0.3 is 9.47 Å². The molecular formula is C26H40F2O2. The number of ether oxygens (including phenoxy) is 2. The quantitative estimate of drug-likeness (QED) is 0.379. The van der Waals surface area contributed by atoms with Crippen LogP contribution in [0.1, 0.15) is 97.3 Å². The molecule has 0 saturated heterocycles. The van der Waals surface area contributed by atoms with Crippen LogP contribution in [0.5, 0.6) is 11.5 Å². The summed E-state index contributed by atoms with van der Waals surface area (Å²) in [4.78, 5) is 0. The lowest BCUT2D eigenvalue weighted by atomic mass is 9.59. The number of rotatable bonds is 10. The fraction of sp³-hybridized carbons (Fsp3) is 0.769. The number of unbranched alkanes of at least 4 members (excludes halogenated alkanes) is 1. The molecule has 0 N–H and O–H groups in total. The molecule has 1 aromatic rings. The Morgan fingerprint density at radius 2 is 1.50 bits per heavy atom. The molecule has 2 saturated carbocycles. The van der Waals surface area contributed by atoms with Crippen molar-refractivity contribution in [2.24, 2.45) is 17.3 Å². The van der Waals surface area contributed by atoms with Gasteiger partial charge in [0.25, 0.3) is 0 Å². The summed E-state index contributed by atoms with van der Waals surface area (Å²) < 4.78 is 39.5. The first kappa shape index (κ1) is 23.3. The minimum Gasteiger partial charge on any atom is -0.490 e. The Morgan fingerprint density at radius 1 is 0.867 bits per heavy atom. The third-order valence-corrected chi connectivity index (χ3v) is 7.54. The molecule has 170 valence electrons. The Kier molecular flexibility index (Phi) is 8.83. The molecule has 2 aliphatic carbocycles. The number of halogens is 2. The van der Waals surface area contributed by atoms with Crippen LogP contribution in [-0.2, 0) is 0 Å². The molecule has 0 aromatic heterocycles. The minimum absolute atomic E-state index is 0.00479. The Hall–Kier alpha value is -1.32. The van der Waals surface area contributed by atoms with Gasteiger partial charge in [-0.05, 0) is 80.8 Å². The van der Waals surface area contributed by atoms with E-state index in [0.29, 0.717) is 24.5 Å². The second kappa shape index (κ2) is 11.3. The second-order valence-electron chi connectivity index (χ2n) is 9.59. The van der Waals surface area contributed by atoms with Crippen LogP contribution in [0.4, 0.5) is 8.78 Å². The summed E-state index contributed by atoms with van der Waals surface area (Å²) in [6, 6.07) is 2.97. The van der Waals surface area contributed by atoms with Gasteiger partial charge in [0.1, 0.15) is 0 Å². The van der Waals surface area contributed by atoms with E-state index in [1.807, 2.05) is 6.92 Å². The van der Waals surface area contributed by atoms with E-state index in [4.69, 9.17) is 9.47 Å². The second-order valence-corrected chi connectivity index (χ2v) is 9.59. The topological polar surface area (TPSA) is 18.5 Å². The van der Waals surface area contributed by atoms with E-state index < -0.39 is 11.6 Å². The Labute approximate surface area is 181 Å². The van der Waals surface area contributed by atoms with Crippen molar-refractivity contribution in [3.63, 3.8) is 0 Å². The van der Waals surface area contributed by atoms with Gasteiger partial charge in [0, 0.05) is 0 Å². The molecule has 0 aliphatic heterocycles. The van der Waals surface area contributed by atoms with E-state index in [1.54, 1.807) is 0 Å². The zero-order valence-electron chi connectivity index (χ0n) is 19.0. The summed E-state index contributed by atoms with van der Waals surface area (Å²) in [7, 11) is 0. The highest BCUT2D eigenvalue weighted by molar-refractivity contribution is 5.35. The smallest absolute Gasteiger partial charge is 0.204 e. The van der Waals surface area contributed by atoms with Crippen LogP contribution in [0.2, 0.25) is 0 Å². The molecule has 0 radical (unpaired) electrons. The predicted octanol–water partition coefficient (Wildman–Crippen LogP) is 8.08. The summed E-state index contributed by atoms with van der Waals surface area (Å²) in [5.41, 5.74) is 0.573. The van der Waals surface area contributed by atoms with Gasteiger partial charge in [-0.2, -0.15) is 8.78 Å². The fourth-order valence-electron chi connectivity index (χ4n) is 5.75. The van der Waals surface area contributed by atoms with E-state index >= 15 is 0 Å². The van der Waals surface area contributed by atoms with Crippen molar-refractivity contribution in [2.45, 2.75) is 97.3 Å². The maximum atomic E-state index is 14.3. The van der Waals surface area contributed by atoms with Crippen molar-refractivity contribution >= 4 is 0 Å². The van der Waals surface area contributed by atoms with Gasteiger partial charge in [0.05, 0.1) is 13.2 Å². The lowest BCUT2D eigenvalue weighted by Gasteiger charge is -2.47. The van der Waals surface area contributed by atoms with Crippen LogP contribution >= 0.6 is 0 Å². The zero-order chi connectivity index (χ0) is 21.4. The van der Waals surface area contributed by atoms with Gasteiger partial charge in [0.2, 0.25) is 11.6 Å². The first-order valence-electron chi connectivity index (χ1n) is 12.3. The van der Waals surface area contributed by atoms with Crippen molar-refractivity contribution in [3.05, 3.63) is 23.8 Å². The summed E-state index contributed by atoms with van der Waals surface area (Å²) in [5, 5.41) is 0. The largest absolute Gasteiger partial charge is 0.490 e. The van der Waals surface area contributed by atoms with Crippen molar-refractivity contribution in [2.75, 3.05) is 13.2 Å². The van der Waals surface area contributed by atoms with E-state index in [-0.39, 0.29) is 11.5 Å². The van der Waals surface area contributed by atoms with Crippen molar-refractivity contribution in [3.8, 4) is 11.5 Å². The lowest BCUT2D eigenvalue weighted by molar-refractivity contribution is 0.0371. The van der Waals surface area contributed by atoms with Crippen LogP contribution in [0.25, 0.3) is 0 Å². The zero-order valence-corrected chi connectivity index (χ0v) is 19.0. The Balaban J connectivity index is 1.51. The maximum absolute atomic E-state index is 14.3. The average molecular weight is 423 g/mol. The molecule has 1 aromatic carbocycles. The van der Waals surface area contributed by atoms with E-state index in [1.165, 1.54) is 76.3 Å². The SMILES string of the molecule is CCCCC1([C@H]2CC[C@H](COc3ccc(OCCC)c(F)c3F)CC2)CCCCC1. The van der Waals surface area contributed by atoms with Gasteiger partial charge in [-0.25, -0.2) is 0 Å². The summed E-state index contributed by atoms with van der Waals surface area (Å²) in [6.07, 6.45) is 16.6. The Bertz CT molecular complexity index is 647. The lowest BCUT2D eigenvalue weighted by Crippen LogP contribution is -2.36. The van der Waals surface area contributed by atoms with Crippen LogP contribution < -0.4 is 9.47 Å². The first-order valence-corrected chi connectivity index (χ1v) is 12.3. The minimum atomic E-state index is -0.945. The third-order valence-electron chi connectivity index (χ3n) is 7.54. The molecule has 2 aliphatic rings. The van der Waals surface area contributed by atoms with E-state index in [0.717, 1.165) is 25.2 Å². The van der Waals surface area contributed by atoms with Crippen molar-refractivity contribution in [1.29, 1.82) is 0 Å². The maximum Gasteiger partial charge on any atom is 0.204 e. The highest BCUT2D eigenvalue weighted by Gasteiger charge is 2.40. The number of hydrogen-bond acceptors (Lipinski definition) is 2. The van der Waals surface area contributed by atoms with Gasteiger partial charge in [-0.15, -0.1) is 0 Å². The highest BCUT2D eigenvalue weighted by atomic mass is 19.2. The molecule has 0 amide bonds. The molecule has 30 heavy (non-hydrogen) atoms. The van der Waals surface area contributed by atoms with E-state index in [2.05, 4.69) is 6.92 Å². The fourth-order valence-corrected chi connectivity index (χ4v) is 5.75. The van der Waals surface area contributed by atoms with Gasteiger partial charge in [-0.3, -0.25) is 0 Å². The number of hydrogen-bond donors (Lipinski definition) is 0. The molecule has 4 heteroatoms. The molecule has 2 fully saturated rings. The molecule has 0 bridgehead atoms. The van der Waals surface area contributed by atoms with Crippen LogP contribution in [0, 0.1) is 28.9 Å². The summed E-state index contributed by atoms with van der Waals surface area (Å²) >= 11 is 0. The molecule has 0 heterocycles. The molecule has 3 rings (SSSR count). The van der Waals surface area contributed by atoms with Crippen molar-refractivity contribution < 1.29 is 18.3 Å². The van der Waals surface area contributed by atoms with Crippen molar-refractivity contribution in [1.82, 2.24) is 0 Å². The average Bonchev–Trinajstić information content (AvgIpc) is 2.79. The van der Waals surface area contributed by atoms with Gasteiger partial charge >= 0.3 is 0 Å². The normalized spacial score (nSPS) is 23.9. The van der Waals surface area contributed by atoms with Crippen LogP contribution in [0.3, 0.4) is 0 Å². The monoisotopic (exact) mass is 422 g/mol. The van der Waals surface area contributed by atoms with Gasteiger partial charge in [-0.1, -0.05) is 46.0 Å². The Morgan fingerprint density at radius 3 is 2.10 bits per heavy atom. The molecule has 0 spiro atoms. The highest BCUT2D eigenvalue weighted by Crippen LogP contribution is 2.52. The van der Waals surface area contributed by atoms with E-state index in [9.17, 15) is 8.78 Å². The molecule has 0 unspecified atom stereocenters. The van der Waals surface area contributed by atoms with Gasteiger partial charge in [0.15, 0.2) is 11.5 Å². The first-order chi connectivity index (χ1) is 14.6. The summed E-state index contributed by atoms with van der Waals surface area (Å²) in [5.74, 6) is -0.633. The van der Waals surface area contributed by atoms with Crippen LogP contribution in [0.15, 0.2) is 12.1 Å².